The maximum atomic E-state index is 6.12. The Kier molecular flexibility index (Phi) is 131. The molecule has 3 heteroatoms. The minimum Gasteiger partial charge on any atom is -0.358 e. The second-order valence-electron chi connectivity index (χ2n) is 0. The van der Waals surface area contributed by atoms with E-state index in [1.165, 1.54) is 0 Å². The Balaban J connectivity index is -0.0000000160. The molecule has 0 saturated heterocycles. The molecular weight excluding hydrogens is 143 g/mol. The summed E-state index contributed by atoms with van der Waals surface area (Å²) in [5.41, 5.74) is 0. The van der Waals surface area contributed by atoms with Gasteiger partial charge in [-0.1, -0.05) is 0 Å². The van der Waals surface area contributed by atoms with Crippen molar-refractivity contribution in [2.75, 3.05) is 0 Å². The van der Waals surface area contributed by atoms with Crippen LogP contribution in [0.25, 0.3) is 0 Å². The molecule has 0 N–H and O–H groups in total. The Hall–Kier alpha value is 1.73. The van der Waals surface area contributed by atoms with E-state index in [-0.39, 0.29) is 51.6 Å². The Bertz CT molecular complexity index is 17.2. The van der Waals surface area contributed by atoms with Gasteiger partial charge < -0.3 is 39.1 Å². The van der Waals surface area contributed by atoms with E-state index in [0.717, 1.165) is 0 Å². The summed E-state index contributed by atoms with van der Waals surface area (Å²) in [6.07, 6.45) is 0. The topological polar surface area (TPSA) is 0 Å². The van der Waals surface area contributed by atoms with Crippen molar-refractivity contribution < 1.29 is 25.8 Å². The van der Waals surface area contributed by atoms with Crippen LogP contribution in [0.15, 0.2) is 0 Å². The van der Waals surface area contributed by atoms with Gasteiger partial charge in [-0.15, -0.1) is 0 Å². The summed E-state index contributed by atoms with van der Waals surface area (Å²) < 4.78 is 12.2. The van der Waals surface area contributed by atoms with Crippen molar-refractivity contribution in [3.63, 3.8) is 0 Å². The van der Waals surface area contributed by atoms with Crippen LogP contribution < -0.4 is 0 Å². The zero-order valence-electron chi connectivity index (χ0n) is 5.99. The maximum Gasteiger partial charge on any atom is 3.00 e. The predicted molar refractivity (Wildman–Crippen MR) is 36.5 cm³/mol. The maximum absolute atomic E-state index is 6.12. The molecule has 0 aromatic heterocycles. The normalized spacial score (nSPS) is 10.3. The van der Waals surface area contributed by atoms with Crippen molar-refractivity contribution in [3.8, 4) is 0 Å². The summed E-state index contributed by atoms with van der Waals surface area (Å²) in [5.74, 6) is 0. The molecule has 0 aliphatic carbocycles. The minimum absolute atomic E-state index is 0. The average molecular weight is 156 g/mol. The summed E-state index contributed by atoms with van der Waals surface area (Å²) in [5, 5.41) is 0. The van der Waals surface area contributed by atoms with Crippen molar-refractivity contribution in [2.45, 2.75) is 0 Å². The van der Waals surface area contributed by atoms with Crippen LogP contribution in [0.1, 0.15) is 0 Å². The standard InChI is InChI=1S/2CH4P.CH3.Sc/c2*1-2;;/h2*1-2H2;1H3;/q3*-1;+3/i2*2D;;. The first-order valence-electron chi connectivity index (χ1n) is 1.71. The zero-order valence-corrected chi connectivity index (χ0v) is 7.79. The number of hydrogen-bond donors (Lipinski definition) is 0. The molecule has 0 aliphatic heterocycles. The van der Waals surface area contributed by atoms with Crippen LogP contribution in [0.2, 0.25) is 0 Å². The van der Waals surface area contributed by atoms with Gasteiger partial charge in [0, 0.05) is 2.56 Å². The van der Waals surface area contributed by atoms with Gasteiger partial charge in [0.15, 0.2) is 0 Å². The predicted octanol–water partition coefficient (Wildman–Crippen LogP) is 1.75. The molecule has 2 unspecified atom stereocenters. The van der Waals surface area contributed by atoms with E-state index < -0.39 is 0 Å². The van der Waals surface area contributed by atoms with Crippen LogP contribution in [0.3, 0.4) is 0 Å². The van der Waals surface area contributed by atoms with Gasteiger partial charge >= 0.3 is 25.8 Å². The molecule has 0 amide bonds. The van der Waals surface area contributed by atoms with Crippen molar-refractivity contribution in [3.05, 3.63) is 20.8 Å². The quantitative estimate of drug-likeness (QED) is 0.370. The molecule has 0 saturated carbocycles. The van der Waals surface area contributed by atoms with E-state index >= 15 is 0 Å². The van der Waals surface area contributed by atoms with Gasteiger partial charge in [0.2, 0.25) is 0 Å². The smallest absolute Gasteiger partial charge is 0.358 e. The van der Waals surface area contributed by atoms with Crippen LogP contribution in [-0.4, -0.2) is 2.56 Å². The van der Waals surface area contributed by atoms with Gasteiger partial charge in [0.25, 0.3) is 0 Å². The zero-order chi connectivity index (χ0) is 5.41. The van der Waals surface area contributed by atoms with Crippen LogP contribution >= 0.6 is 18.4 Å². The molecule has 36 valence electrons. The first kappa shape index (κ1) is 10.7. The molecule has 0 aliphatic rings. The fourth-order valence-corrected chi connectivity index (χ4v) is 0. The van der Waals surface area contributed by atoms with Crippen LogP contribution in [0.4, 0.5) is 0 Å². The number of hydrogen-bond acceptors (Lipinski definition) is 0. The Morgan fingerprint density at radius 1 is 1.33 bits per heavy atom. The van der Waals surface area contributed by atoms with Crippen LogP contribution in [0, 0.1) is 20.8 Å². The summed E-state index contributed by atoms with van der Waals surface area (Å²) in [7, 11) is 0.167. The SMILES string of the molecule is [2H]P[CH2-].[2H]P[CH2-].[CH3-].[Sc+3]. The second kappa shape index (κ2) is 73.8. The molecule has 0 aromatic rings. The molecule has 0 spiro atoms. The summed E-state index contributed by atoms with van der Waals surface area (Å²) in [6.45, 7) is 6.36. The first-order chi connectivity index (χ1) is 2.83. The molecule has 2 atom stereocenters. The van der Waals surface area contributed by atoms with Crippen molar-refractivity contribution in [1.29, 1.82) is 2.56 Å². The summed E-state index contributed by atoms with van der Waals surface area (Å²) in [6, 6.07) is 0. The van der Waals surface area contributed by atoms with Crippen molar-refractivity contribution >= 4 is 18.4 Å². The molecule has 6 heavy (non-hydrogen) atoms. The van der Waals surface area contributed by atoms with Gasteiger partial charge in [-0.25, -0.2) is 0 Å². The third-order valence-corrected chi connectivity index (χ3v) is 0. The van der Waals surface area contributed by atoms with E-state index in [1.54, 1.807) is 0 Å². The Morgan fingerprint density at radius 2 is 1.33 bits per heavy atom. The molecule has 0 heterocycles. The molecule has 0 radical (unpaired) electrons. The van der Waals surface area contributed by atoms with E-state index in [2.05, 4.69) is 13.3 Å². The second-order valence-corrected chi connectivity index (χ2v) is 0. The third-order valence-electron chi connectivity index (χ3n) is 0. The fourth-order valence-electron chi connectivity index (χ4n) is 0. The molecule has 0 aromatic carbocycles. The largest absolute Gasteiger partial charge is 3.00 e. The van der Waals surface area contributed by atoms with E-state index in [0.29, 0.717) is 0 Å². The van der Waals surface area contributed by atoms with E-state index in [1.807, 2.05) is 0 Å². The van der Waals surface area contributed by atoms with Crippen molar-refractivity contribution in [2.24, 2.45) is 0 Å². The van der Waals surface area contributed by atoms with Gasteiger partial charge in [-0.3, -0.25) is 0 Å². The van der Waals surface area contributed by atoms with Crippen molar-refractivity contribution in [1.82, 2.24) is 0 Å². The van der Waals surface area contributed by atoms with Crippen LogP contribution in [0.5, 0.6) is 0 Å². The Labute approximate surface area is 67.6 Å². The average Bonchev–Trinajstić information content (AvgIpc) is 1.39. The molecule has 0 fully saturated rings. The minimum atomic E-state index is 0. The summed E-state index contributed by atoms with van der Waals surface area (Å²) >= 11 is 0. The molecular formula is C3H11P2Sc. The molecule has 0 bridgehead atoms. The van der Waals surface area contributed by atoms with Gasteiger partial charge in [0.1, 0.15) is 0 Å². The summed E-state index contributed by atoms with van der Waals surface area (Å²) in [4.78, 5) is 0. The van der Waals surface area contributed by atoms with Crippen LogP contribution in [-0.2, 0) is 25.8 Å². The monoisotopic (exact) mass is 156 g/mol. The molecule has 0 rings (SSSR count). The van der Waals surface area contributed by atoms with Gasteiger partial charge in [0.05, 0.1) is 0 Å². The fraction of sp³-hybridized carbons (Fsp3) is 0. The van der Waals surface area contributed by atoms with Gasteiger partial charge in [-0.05, 0) is 0 Å². The van der Waals surface area contributed by atoms with E-state index in [4.69, 9.17) is 2.56 Å². The first-order valence-corrected chi connectivity index (χ1v) is 2.12. The van der Waals surface area contributed by atoms with Gasteiger partial charge in [-0.2, -0.15) is 0 Å². The Morgan fingerprint density at radius 3 is 1.33 bits per heavy atom. The molecule has 0 nitrogen and oxygen atoms in total. The van der Waals surface area contributed by atoms with E-state index in [9.17, 15) is 0 Å². The number of rotatable bonds is 0. The third kappa shape index (κ3) is 42.8.